The van der Waals surface area contributed by atoms with Gasteiger partial charge in [-0.25, -0.2) is 0 Å². The number of phenols is 2. The molecule has 0 fully saturated rings. The molecule has 0 saturated heterocycles. The van der Waals surface area contributed by atoms with Crippen molar-refractivity contribution in [3.05, 3.63) is 125 Å². The average Bonchev–Trinajstić information content (AvgIpc) is 2.87. The molecule has 0 aliphatic rings. The van der Waals surface area contributed by atoms with Crippen LogP contribution in [0, 0.1) is 19.3 Å². The van der Waals surface area contributed by atoms with Gasteiger partial charge in [-0.2, -0.15) is 0 Å². The molecule has 0 aliphatic heterocycles. The van der Waals surface area contributed by atoms with Crippen molar-refractivity contribution in [2.45, 2.75) is 20.8 Å². The van der Waals surface area contributed by atoms with Crippen LogP contribution < -0.4 is 0 Å². The molecule has 35 heavy (non-hydrogen) atoms. The van der Waals surface area contributed by atoms with Crippen LogP contribution in [0.3, 0.4) is 0 Å². The summed E-state index contributed by atoms with van der Waals surface area (Å²) in [6.45, 7) is 6.02. The molecule has 0 bridgehead atoms. The van der Waals surface area contributed by atoms with Crippen molar-refractivity contribution in [3.8, 4) is 33.8 Å². The van der Waals surface area contributed by atoms with Crippen LogP contribution in [0.4, 0.5) is 0 Å². The van der Waals surface area contributed by atoms with Crippen LogP contribution in [0.15, 0.2) is 103 Å². The first-order chi connectivity index (χ1) is 16.8. The molecule has 4 aromatic rings. The molecule has 0 aliphatic carbocycles. The number of allylic oxidation sites excluding steroid dienone is 4. The van der Waals surface area contributed by atoms with Crippen molar-refractivity contribution in [2.24, 2.45) is 0 Å². The van der Waals surface area contributed by atoms with E-state index in [9.17, 15) is 10.2 Å². The molecular formula is C32H29NO2. The second-order valence-electron chi connectivity index (χ2n) is 8.75. The summed E-state index contributed by atoms with van der Waals surface area (Å²) >= 11 is 0. The van der Waals surface area contributed by atoms with E-state index in [2.05, 4.69) is 0 Å². The van der Waals surface area contributed by atoms with Crippen molar-refractivity contribution >= 4 is 11.3 Å². The van der Waals surface area contributed by atoms with Gasteiger partial charge in [0.25, 0.3) is 0 Å². The maximum Gasteiger partial charge on any atom is 0.123 e. The Morgan fingerprint density at radius 3 is 1.71 bits per heavy atom. The summed E-state index contributed by atoms with van der Waals surface area (Å²) in [5.74, 6) is 0.454. The van der Waals surface area contributed by atoms with Gasteiger partial charge in [0.1, 0.15) is 11.5 Å². The molecule has 3 nitrogen and oxygen atoms in total. The Morgan fingerprint density at radius 1 is 0.657 bits per heavy atom. The lowest BCUT2D eigenvalue weighted by Gasteiger charge is -2.12. The summed E-state index contributed by atoms with van der Waals surface area (Å²) in [6.07, 6.45) is 5.62. The van der Waals surface area contributed by atoms with Gasteiger partial charge in [0.15, 0.2) is 0 Å². The van der Waals surface area contributed by atoms with E-state index < -0.39 is 0 Å². The number of hydrogen-bond acceptors (Lipinski definition) is 3. The monoisotopic (exact) mass is 459 g/mol. The Balaban J connectivity index is 1.65. The predicted octanol–water partition coefficient (Wildman–Crippen LogP) is 8.08. The standard InChI is InChI=1S/C32H29NO2/c1-21-15-17-31(34)28(19-21)25-11-5-4-10-24(25)23(3)9-8-14-30(33)27-13-7-6-12-26(27)29-20-22(2)16-18-32(29)35/h4-20,33-35H,1-3H3/b14-8-,23-9+,33-30?. The SMILES string of the molecule is C/C(=C\C=C/C(=N)c1ccccc1-c1cc(C)ccc1O)c1ccccc1-c1cc(C)ccc1O. The fraction of sp³-hybridized carbons (Fsp3) is 0.0938. The molecule has 0 heterocycles. The van der Waals surface area contributed by atoms with Crippen LogP contribution in [0.25, 0.3) is 27.8 Å². The number of aryl methyl sites for hydroxylation is 2. The summed E-state index contributed by atoms with van der Waals surface area (Å²) in [4.78, 5) is 0. The van der Waals surface area contributed by atoms with Gasteiger partial charge in [0, 0.05) is 16.7 Å². The molecule has 0 aromatic heterocycles. The molecule has 3 heteroatoms. The Kier molecular flexibility index (Phi) is 6.98. The lowest BCUT2D eigenvalue weighted by molar-refractivity contribution is 0.476. The summed E-state index contributed by atoms with van der Waals surface area (Å²) in [7, 11) is 0. The molecule has 0 spiro atoms. The summed E-state index contributed by atoms with van der Waals surface area (Å²) in [5.41, 5.74) is 8.60. The molecule has 4 aromatic carbocycles. The zero-order chi connectivity index (χ0) is 24.9. The number of nitrogens with one attached hydrogen (secondary N) is 1. The van der Waals surface area contributed by atoms with Gasteiger partial charge in [-0.3, -0.25) is 0 Å². The Bertz CT molecular complexity index is 1460. The lowest BCUT2D eigenvalue weighted by Crippen LogP contribution is -1.98. The number of phenolic OH excluding ortho intramolecular Hbond substituents is 2. The molecule has 0 unspecified atom stereocenters. The minimum absolute atomic E-state index is 0.201. The Labute approximate surface area is 206 Å². The number of aromatic hydroxyl groups is 2. The van der Waals surface area contributed by atoms with Crippen molar-refractivity contribution < 1.29 is 10.2 Å². The average molecular weight is 460 g/mol. The highest BCUT2D eigenvalue weighted by Gasteiger charge is 2.12. The quantitative estimate of drug-likeness (QED) is 0.202. The third-order valence-electron chi connectivity index (χ3n) is 6.06. The van der Waals surface area contributed by atoms with Crippen LogP contribution in [-0.2, 0) is 0 Å². The van der Waals surface area contributed by atoms with Gasteiger partial charge >= 0.3 is 0 Å². The van der Waals surface area contributed by atoms with E-state index in [1.54, 1.807) is 18.2 Å². The number of hydrogen-bond donors (Lipinski definition) is 3. The van der Waals surface area contributed by atoms with Crippen molar-refractivity contribution in [2.75, 3.05) is 0 Å². The zero-order valence-corrected chi connectivity index (χ0v) is 20.2. The number of benzene rings is 4. The van der Waals surface area contributed by atoms with Crippen LogP contribution in [0.5, 0.6) is 11.5 Å². The topological polar surface area (TPSA) is 64.3 Å². The smallest absolute Gasteiger partial charge is 0.123 e. The van der Waals surface area contributed by atoms with Gasteiger partial charge < -0.3 is 15.6 Å². The second-order valence-corrected chi connectivity index (χ2v) is 8.75. The minimum atomic E-state index is 0.201. The van der Waals surface area contributed by atoms with E-state index >= 15 is 0 Å². The van der Waals surface area contributed by atoms with E-state index in [-0.39, 0.29) is 11.5 Å². The normalized spacial score (nSPS) is 11.7. The molecule has 4 rings (SSSR count). The van der Waals surface area contributed by atoms with Gasteiger partial charge in [-0.1, -0.05) is 83.9 Å². The lowest BCUT2D eigenvalue weighted by atomic mass is 9.93. The molecule has 174 valence electrons. The fourth-order valence-electron chi connectivity index (χ4n) is 4.21. The number of rotatable bonds is 6. The Morgan fingerprint density at radius 2 is 1.14 bits per heavy atom. The molecule has 0 atom stereocenters. The highest BCUT2D eigenvalue weighted by atomic mass is 16.3. The van der Waals surface area contributed by atoms with E-state index in [1.807, 2.05) is 106 Å². The maximum atomic E-state index is 10.4. The van der Waals surface area contributed by atoms with Crippen LogP contribution in [0.1, 0.15) is 29.2 Å². The third-order valence-corrected chi connectivity index (χ3v) is 6.06. The summed E-state index contributed by atoms with van der Waals surface area (Å²) in [6, 6.07) is 26.8. The fourth-order valence-corrected chi connectivity index (χ4v) is 4.21. The van der Waals surface area contributed by atoms with Crippen molar-refractivity contribution in [1.29, 1.82) is 5.41 Å². The van der Waals surface area contributed by atoms with Crippen LogP contribution >= 0.6 is 0 Å². The first-order valence-corrected chi connectivity index (χ1v) is 11.6. The summed E-state index contributed by atoms with van der Waals surface area (Å²) < 4.78 is 0. The van der Waals surface area contributed by atoms with Gasteiger partial charge in [0.05, 0.1) is 5.71 Å². The largest absolute Gasteiger partial charge is 0.507 e. The van der Waals surface area contributed by atoms with E-state index in [1.165, 1.54) is 0 Å². The maximum absolute atomic E-state index is 10.4. The van der Waals surface area contributed by atoms with Gasteiger partial charge in [0.2, 0.25) is 0 Å². The van der Waals surface area contributed by atoms with Crippen LogP contribution in [-0.4, -0.2) is 15.9 Å². The van der Waals surface area contributed by atoms with E-state index in [4.69, 9.17) is 5.41 Å². The first-order valence-electron chi connectivity index (χ1n) is 11.6. The molecular weight excluding hydrogens is 430 g/mol. The predicted molar refractivity (Wildman–Crippen MR) is 146 cm³/mol. The zero-order valence-electron chi connectivity index (χ0n) is 20.2. The van der Waals surface area contributed by atoms with Crippen molar-refractivity contribution in [3.63, 3.8) is 0 Å². The summed E-state index contributed by atoms with van der Waals surface area (Å²) in [5, 5.41) is 29.5. The van der Waals surface area contributed by atoms with Crippen LogP contribution in [0.2, 0.25) is 0 Å². The highest BCUT2D eigenvalue weighted by molar-refractivity contribution is 6.11. The minimum Gasteiger partial charge on any atom is -0.507 e. The molecule has 0 amide bonds. The first kappa shape index (κ1) is 23.8. The van der Waals surface area contributed by atoms with Crippen molar-refractivity contribution in [1.82, 2.24) is 0 Å². The molecule has 0 radical (unpaired) electrons. The highest BCUT2D eigenvalue weighted by Crippen LogP contribution is 2.35. The van der Waals surface area contributed by atoms with E-state index in [0.717, 1.165) is 50.1 Å². The van der Waals surface area contributed by atoms with Gasteiger partial charge in [-0.15, -0.1) is 0 Å². The second kappa shape index (κ2) is 10.3. The third kappa shape index (κ3) is 5.25. The Hall–Kier alpha value is -4.37. The van der Waals surface area contributed by atoms with Gasteiger partial charge in [-0.05, 0) is 73.4 Å². The van der Waals surface area contributed by atoms with E-state index in [0.29, 0.717) is 5.71 Å². The molecule has 3 N–H and O–H groups in total. The molecule has 0 saturated carbocycles.